The molecule has 7 heteroatoms. The number of benzene rings is 1. The van der Waals surface area contributed by atoms with Gasteiger partial charge in [0.05, 0.1) is 11.7 Å². The average Bonchev–Trinajstić information content (AvgIpc) is 2.29. The highest BCUT2D eigenvalue weighted by molar-refractivity contribution is 7.89. The second-order valence-corrected chi connectivity index (χ2v) is 5.34. The quantitative estimate of drug-likeness (QED) is 0.700. The minimum absolute atomic E-state index is 0.0106. The van der Waals surface area contributed by atoms with Crippen LogP contribution in [0.25, 0.3) is 0 Å². The molecule has 0 radical (unpaired) electrons. The third-order valence-electron chi connectivity index (χ3n) is 2.12. The Bertz CT molecular complexity index is 511. The van der Waals surface area contributed by atoms with Crippen LogP contribution in [0.5, 0.6) is 0 Å². The first kappa shape index (κ1) is 13.6. The van der Waals surface area contributed by atoms with Gasteiger partial charge in [-0.2, -0.15) is 0 Å². The van der Waals surface area contributed by atoms with E-state index in [0.29, 0.717) is 0 Å². The van der Waals surface area contributed by atoms with Gasteiger partial charge in [-0.3, -0.25) is 4.79 Å². The van der Waals surface area contributed by atoms with E-state index >= 15 is 0 Å². The number of amides is 1. The first-order valence-corrected chi connectivity index (χ1v) is 6.46. The molecule has 0 bridgehead atoms. The van der Waals surface area contributed by atoms with E-state index < -0.39 is 22.0 Å². The maximum Gasteiger partial charge on any atom is 0.242 e. The number of rotatable bonds is 4. The van der Waals surface area contributed by atoms with Crippen molar-refractivity contribution < 1.29 is 13.2 Å². The van der Waals surface area contributed by atoms with Gasteiger partial charge in [0.1, 0.15) is 4.90 Å². The number of nitrogens with two attached hydrogens (primary N) is 1. The van der Waals surface area contributed by atoms with Gasteiger partial charge in [-0.25, -0.2) is 13.1 Å². The van der Waals surface area contributed by atoms with Crippen LogP contribution in [0.3, 0.4) is 0 Å². The number of anilines is 1. The second kappa shape index (κ2) is 5.26. The molecule has 1 aromatic rings. The fourth-order valence-electron chi connectivity index (χ4n) is 1.16. The van der Waals surface area contributed by atoms with Gasteiger partial charge in [-0.1, -0.05) is 12.1 Å². The number of nitrogens with one attached hydrogen (secondary N) is 2. The van der Waals surface area contributed by atoms with Crippen LogP contribution in [0.2, 0.25) is 0 Å². The molecule has 94 valence electrons. The summed E-state index contributed by atoms with van der Waals surface area (Å²) in [6.07, 6.45) is 0. The summed E-state index contributed by atoms with van der Waals surface area (Å²) in [6.45, 7) is 1.52. The highest BCUT2D eigenvalue weighted by atomic mass is 32.2. The molecule has 0 aromatic heterocycles. The summed E-state index contributed by atoms with van der Waals surface area (Å²) in [5.74, 6) is -0.441. The number of hydrogen-bond donors (Lipinski definition) is 3. The molecular formula is C10H15N3O3S. The average molecular weight is 257 g/mol. The van der Waals surface area contributed by atoms with E-state index in [1.807, 2.05) is 0 Å². The van der Waals surface area contributed by atoms with Gasteiger partial charge in [0, 0.05) is 0 Å². The fourth-order valence-corrected chi connectivity index (χ4v) is 2.05. The highest BCUT2D eigenvalue weighted by Gasteiger charge is 2.18. The number of sulfonamides is 1. The Morgan fingerprint density at radius 3 is 2.47 bits per heavy atom. The number of carbonyl (C=O) groups excluding carboxylic acids is 1. The molecule has 0 aliphatic rings. The van der Waals surface area contributed by atoms with Gasteiger partial charge in [0.15, 0.2) is 0 Å². The third-order valence-corrected chi connectivity index (χ3v) is 3.59. The number of hydrogen-bond acceptors (Lipinski definition) is 4. The summed E-state index contributed by atoms with van der Waals surface area (Å²) in [7, 11) is -2.30. The van der Waals surface area contributed by atoms with Crippen molar-refractivity contribution in [2.75, 3.05) is 12.4 Å². The molecule has 1 atom stereocenters. The normalized spacial score (nSPS) is 13.1. The minimum atomic E-state index is -3.61. The first-order valence-electron chi connectivity index (χ1n) is 4.97. The zero-order chi connectivity index (χ0) is 13.1. The molecule has 0 saturated carbocycles. The summed E-state index contributed by atoms with van der Waals surface area (Å²) in [5, 5.41) is 2.47. The van der Waals surface area contributed by atoms with Crippen LogP contribution >= 0.6 is 0 Å². The van der Waals surface area contributed by atoms with Crippen molar-refractivity contribution in [3.05, 3.63) is 24.3 Å². The molecule has 0 saturated heterocycles. The molecule has 17 heavy (non-hydrogen) atoms. The van der Waals surface area contributed by atoms with E-state index in [-0.39, 0.29) is 10.6 Å². The van der Waals surface area contributed by atoms with Crippen LogP contribution < -0.4 is 15.8 Å². The predicted molar refractivity (Wildman–Crippen MR) is 65.0 cm³/mol. The number of para-hydroxylation sites is 1. The molecule has 1 unspecified atom stereocenters. The van der Waals surface area contributed by atoms with Gasteiger partial charge in [0.25, 0.3) is 0 Å². The molecule has 6 nitrogen and oxygen atoms in total. The lowest BCUT2D eigenvalue weighted by Crippen LogP contribution is -2.33. The predicted octanol–water partition coefficient (Wildman–Crippen LogP) is -0.120. The van der Waals surface area contributed by atoms with Gasteiger partial charge >= 0.3 is 0 Å². The van der Waals surface area contributed by atoms with Crippen molar-refractivity contribution in [2.24, 2.45) is 5.73 Å². The zero-order valence-electron chi connectivity index (χ0n) is 9.60. The third kappa shape index (κ3) is 3.26. The van der Waals surface area contributed by atoms with E-state index in [4.69, 9.17) is 5.73 Å². The first-order chi connectivity index (χ1) is 7.88. The second-order valence-electron chi connectivity index (χ2n) is 3.48. The van der Waals surface area contributed by atoms with Crippen molar-refractivity contribution in [3.63, 3.8) is 0 Å². The maximum atomic E-state index is 11.7. The molecule has 0 fully saturated rings. The zero-order valence-corrected chi connectivity index (χ0v) is 10.4. The Balaban J connectivity index is 3.14. The number of carbonyl (C=O) groups is 1. The van der Waals surface area contributed by atoms with Crippen molar-refractivity contribution >= 4 is 21.6 Å². The van der Waals surface area contributed by atoms with Crippen LogP contribution in [-0.2, 0) is 14.8 Å². The topological polar surface area (TPSA) is 101 Å². The Morgan fingerprint density at radius 2 is 1.94 bits per heavy atom. The Hall–Kier alpha value is -1.44. The SMILES string of the molecule is CNS(=O)(=O)c1ccccc1NC(=O)C(C)N. The molecule has 0 spiro atoms. The standard InChI is InChI=1S/C10H15N3O3S/c1-7(11)10(14)13-8-5-3-4-6-9(8)17(15,16)12-2/h3-7,12H,11H2,1-2H3,(H,13,14). The molecule has 1 rings (SSSR count). The summed E-state index contributed by atoms with van der Waals surface area (Å²) in [5.41, 5.74) is 5.61. The van der Waals surface area contributed by atoms with Crippen LogP contribution in [0.15, 0.2) is 29.2 Å². The van der Waals surface area contributed by atoms with E-state index in [2.05, 4.69) is 10.0 Å². The van der Waals surface area contributed by atoms with E-state index in [1.165, 1.54) is 26.1 Å². The Labute approximate surface area is 100 Å². The molecule has 0 aliphatic carbocycles. The molecular weight excluding hydrogens is 242 g/mol. The van der Waals surface area contributed by atoms with Crippen molar-refractivity contribution in [1.82, 2.24) is 4.72 Å². The molecule has 1 aromatic carbocycles. The molecule has 4 N–H and O–H groups in total. The van der Waals surface area contributed by atoms with Gasteiger partial charge in [0.2, 0.25) is 15.9 Å². The monoisotopic (exact) mass is 257 g/mol. The molecule has 1 amide bonds. The summed E-state index contributed by atoms with van der Waals surface area (Å²) in [6, 6.07) is 5.41. The Kier molecular flexibility index (Phi) is 4.22. The minimum Gasteiger partial charge on any atom is -0.324 e. The van der Waals surface area contributed by atoms with Gasteiger partial charge < -0.3 is 11.1 Å². The van der Waals surface area contributed by atoms with Crippen LogP contribution in [0, 0.1) is 0 Å². The lowest BCUT2D eigenvalue weighted by molar-refractivity contribution is -0.117. The van der Waals surface area contributed by atoms with Crippen molar-refractivity contribution in [1.29, 1.82) is 0 Å². The Morgan fingerprint density at radius 1 is 1.35 bits per heavy atom. The van der Waals surface area contributed by atoms with Crippen molar-refractivity contribution in [3.8, 4) is 0 Å². The van der Waals surface area contributed by atoms with E-state index in [1.54, 1.807) is 12.1 Å². The van der Waals surface area contributed by atoms with Gasteiger partial charge in [-0.15, -0.1) is 0 Å². The van der Waals surface area contributed by atoms with Gasteiger partial charge in [-0.05, 0) is 26.1 Å². The van der Waals surface area contributed by atoms with E-state index in [9.17, 15) is 13.2 Å². The van der Waals surface area contributed by atoms with Crippen LogP contribution in [-0.4, -0.2) is 27.4 Å². The molecule has 0 aliphatic heterocycles. The fraction of sp³-hybridized carbons (Fsp3) is 0.300. The summed E-state index contributed by atoms with van der Waals surface area (Å²) >= 11 is 0. The molecule has 0 heterocycles. The van der Waals surface area contributed by atoms with Crippen LogP contribution in [0.1, 0.15) is 6.92 Å². The lowest BCUT2D eigenvalue weighted by atomic mass is 10.3. The maximum absolute atomic E-state index is 11.7. The lowest BCUT2D eigenvalue weighted by Gasteiger charge is -2.12. The highest BCUT2D eigenvalue weighted by Crippen LogP contribution is 2.20. The van der Waals surface area contributed by atoms with Crippen molar-refractivity contribution in [2.45, 2.75) is 17.9 Å². The largest absolute Gasteiger partial charge is 0.324 e. The van der Waals surface area contributed by atoms with E-state index in [0.717, 1.165) is 0 Å². The smallest absolute Gasteiger partial charge is 0.242 e. The van der Waals surface area contributed by atoms with Crippen LogP contribution in [0.4, 0.5) is 5.69 Å². The summed E-state index contributed by atoms with van der Waals surface area (Å²) < 4.78 is 25.5. The summed E-state index contributed by atoms with van der Waals surface area (Å²) in [4.78, 5) is 11.4.